The lowest BCUT2D eigenvalue weighted by molar-refractivity contribution is 0.288. The molecule has 1 aliphatic carbocycles. The number of nitrogens with one attached hydrogen (secondary N) is 1. The molecule has 1 saturated carbocycles. The Balaban J connectivity index is 1.84. The lowest BCUT2D eigenvalue weighted by Gasteiger charge is -2.38. The molecule has 2 heteroatoms. The van der Waals surface area contributed by atoms with Crippen LogP contribution >= 0.6 is 11.8 Å². The van der Waals surface area contributed by atoms with Crippen molar-refractivity contribution >= 4 is 11.8 Å². The van der Waals surface area contributed by atoms with Gasteiger partial charge in [-0.25, -0.2) is 0 Å². The van der Waals surface area contributed by atoms with Crippen molar-refractivity contribution in [1.29, 1.82) is 0 Å². The van der Waals surface area contributed by atoms with Crippen LogP contribution in [0.25, 0.3) is 0 Å². The van der Waals surface area contributed by atoms with E-state index in [1.54, 1.807) is 0 Å². The molecule has 1 heterocycles. The van der Waals surface area contributed by atoms with Crippen LogP contribution in [-0.4, -0.2) is 23.1 Å². The summed E-state index contributed by atoms with van der Waals surface area (Å²) in [4.78, 5) is 0. The molecule has 0 aromatic heterocycles. The first kappa shape index (κ1) is 9.85. The third kappa shape index (κ3) is 2.63. The fourth-order valence-electron chi connectivity index (χ4n) is 2.47. The third-order valence-electron chi connectivity index (χ3n) is 3.40. The highest BCUT2D eigenvalue weighted by Crippen LogP contribution is 2.29. The van der Waals surface area contributed by atoms with Crippen molar-refractivity contribution in [2.75, 3.05) is 11.5 Å². The molecule has 2 rings (SSSR count). The first-order chi connectivity index (χ1) is 6.29. The fraction of sp³-hybridized carbons (Fsp3) is 1.00. The minimum Gasteiger partial charge on any atom is -0.307 e. The second-order valence-corrected chi connectivity index (χ2v) is 5.93. The van der Waals surface area contributed by atoms with Crippen molar-refractivity contribution in [3.05, 3.63) is 0 Å². The Hall–Kier alpha value is 0.310. The molecule has 0 aromatic carbocycles. The Morgan fingerprint density at radius 1 is 1.08 bits per heavy atom. The quantitative estimate of drug-likeness (QED) is 0.686. The first-order valence-corrected chi connectivity index (χ1v) is 6.79. The van der Waals surface area contributed by atoms with Crippen LogP contribution in [0.5, 0.6) is 0 Å². The van der Waals surface area contributed by atoms with Gasteiger partial charge in [0, 0.05) is 23.1 Å². The van der Waals surface area contributed by atoms with Gasteiger partial charge in [-0.05, 0) is 19.8 Å². The van der Waals surface area contributed by atoms with Crippen LogP contribution in [0.2, 0.25) is 0 Å². The molecular weight excluding hydrogens is 178 g/mol. The maximum Gasteiger partial charge on any atom is 0.0253 e. The summed E-state index contributed by atoms with van der Waals surface area (Å²) in [5.74, 6) is 2.69. The van der Waals surface area contributed by atoms with Crippen LogP contribution in [-0.2, 0) is 0 Å². The molecule has 0 radical (unpaired) electrons. The highest BCUT2D eigenvalue weighted by atomic mass is 32.2. The van der Waals surface area contributed by atoms with E-state index in [9.17, 15) is 0 Å². The van der Waals surface area contributed by atoms with Crippen molar-refractivity contribution < 1.29 is 0 Å². The summed E-state index contributed by atoms with van der Waals surface area (Å²) in [6.45, 7) is 2.43. The lowest BCUT2D eigenvalue weighted by atomic mass is 9.92. The van der Waals surface area contributed by atoms with E-state index in [0.29, 0.717) is 5.54 Å². The van der Waals surface area contributed by atoms with Gasteiger partial charge < -0.3 is 5.32 Å². The molecule has 0 amide bonds. The van der Waals surface area contributed by atoms with E-state index in [2.05, 4.69) is 24.0 Å². The van der Waals surface area contributed by atoms with Gasteiger partial charge in [-0.1, -0.05) is 25.7 Å². The largest absolute Gasteiger partial charge is 0.307 e. The third-order valence-corrected chi connectivity index (χ3v) is 4.67. The molecule has 0 aromatic rings. The van der Waals surface area contributed by atoms with E-state index < -0.39 is 0 Å². The molecule has 0 unspecified atom stereocenters. The highest BCUT2D eigenvalue weighted by Gasteiger charge is 2.30. The summed E-state index contributed by atoms with van der Waals surface area (Å²) >= 11 is 2.08. The van der Waals surface area contributed by atoms with E-state index in [-0.39, 0.29) is 0 Å². The van der Waals surface area contributed by atoms with Gasteiger partial charge in [0.1, 0.15) is 0 Å². The minimum absolute atomic E-state index is 0.474. The normalized spacial score (nSPS) is 29.3. The smallest absolute Gasteiger partial charge is 0.0253 e. The monoisotopic (exact) mass is 199 g/mol. The molecule has 13 heavy (non-hydrogen) atoms. The van der Waals surface area contributed by atoms with Gasteiger partial charge in [0.2, 0.25) is 0 Å². The summed E-state index contributed by atoms with van der Waals surface area (Å²) in [6, 6.07) is 0.827. The van der Waals surface area contributed by atoms with E-state index in [1.807, 2.05) is 0 Å². The molecule has 0 spiro atoms. The van der Waals surface area contributed by atoms with Crippen molar-refractivity contribution in [2.24, 2.45) is 0 Å². The molecule has 1 nitrogen and oxygen atoms in total. The van der Waals surface area contributed by atoms with Gasteiger partial charge in [-0.2, -0.15) is 11.8 Å². The highest BCUT2D eigenvalue weighted by molar-refractivity contribution is 8.00. The van der Waals surface area contributed by atoms with Crippen LogP contribution < -0.4 is 5.32 Å². The van der Waals surface area contributed by atoms with Crippen LogP contribution in [0.3, 0.4) is 0 Å². The maximum atomic E-state index is 3.85. The molecule has 1 aliphatic heterocycles. The zero-order valence-corrected chi connectivity index (χ0v) is 9.46. The number of hydrogen-bond donors (Lipinski definition) is 1. The van der Waals surface area contributed by atoms with E-state index in [0.717, 1.165) is 6.04 Å². The van der Waals surface area contributed by atoms with Crippen LogP contribution in [0.15, 0.2) is 0 Å². The van der Waals surface area contributed by atoms with Gasteiger partial charge in [0.25, 0.3) is 0 Å². The van der Waals surface area contributed by atoms with Crippen molar-refractivity contribution in [2.45, 2.75) is 57.0 Å². The number of thioether (sulfide) groups is 1. The minimum atomic E-state index is 0.474. The standard InChI is InChI=1S/C11H21NS/c1-11(12-10-8-13-9-10)6-4-2-3-5-7-11/h10,12H,2-9H2,1H3. The average molecular weight is 199 g/mol. The lowest BCUT2D eigenvalue weighted by Crippen LogP contribution is -2.53. The van der Waals surface area contributed by atoms with Crippen LogP contribution in [0.1, 0.15) is 45.4 Å². The number of rotatable bonds is 2. The Morgan fingerprint density at radius 2 is 1.69 bits per heavy atom. The van der Waals surface area contributed by atoms with E-state index in [4.69, 9.17) is 0 Å². The zero-order chi connectivity index (χ0) is 9.15. The average Bonchev–Trinajstić information content (AvgIpc) is 2.24. The topological polar surface area (TPSA) is 12.0 Å². The van der Waals surface area contributed by atoms with E-state index in [1.165, 1.54) is 50.0 Å². The maximum absolute atomic E-state index is 3.85. The van der Waals surface area contributed by atoms with Crippen LogP contribution in [0.4, 0.5) is 0 Å². The second-order valence-electron chi connectivity index (χ2n) is 4.85. The summed E-state index contributed by atoms with van der Waals surface area (Å²) < 4.78 is 0. The van der Waals surface area contributed by atoms with Crippen molar-refractivity contribution in [1.82, 2.24) is 5.32 Å². The van der Waals surface area contributed by atoms with Gasteiger partial charge in [-0.15, -0.1) is 0 Å². The first-order valence-electron chi connectivity index (χ1n) is 5.64. The zero-order valence-electron chi connectivity index (χ0n) is 8.64. The van der Waals surface area contributed by atoms with Crippen molar-refractivity contribution in [3.63, 3.8) is 0 Å². The SMILES string of the molecule is CC1(NC2CSC2)CCCCCC1. The molecule has 0 bridgehead atoms. The Kier molecular flexibility index (Phi) is 3.20. The molecule has 2 fully saturated rings. The van der Waals surface area contributed by atoms with Gasteiger partial charge in [0.05, 0.1) is 0 Å². The Morgan fingerprint density at radius 3 is 2.15 bits per heavy atom. The van der Waals surface area contributed by atoms with Gasteiger partial charge in [0.15, 0.2) is 0 Å². The molecular formula is C11H21NS. The Bertz CT molecular complexity index is 157. The molecule has 0 atom stereocenters. The fourth-order valence-corrected chi connectivity index (χ4v) is 3.10. The Labute approximate surface area is 86.0 Å². The molecule has 2 aliphatic rings. The van der Waals surface area contributed by atoms with Gasteiger partial charge >= 0.3 is 0 Å². The predicted octanol–water partition coefficient (Wildman–Crippen LogP) is 2.80. The number of hydrogen-bond acceptors (Lipinski definition) is 2. The summed E-state index contributed by atoms with van der Waals surface area (Å²) in [7, 11) is 0. The van der Waals surface area contributed by atoms with Crippen molar-refractivity contribution in [3.8, 4) is 0 Å². The summed E-state index contributed by atoms with van der Waals surface area (Å²) in [6.07, 6.45) is 8.57. The van der Waals surface area contributed by atoms with E-state index >= 15 is 0 Å². The van der Waals surface area contributed by atoms with Crippen LogP contribution in [0, 0.1) is 0 Å². The summed E-state index contributed by atoms with van der Waals surface area (Å²) in [5, 5.41) is 3.85. The van der Waals surface area contributed by atoms with Gasteiger partial charge in [-0.3, -0.25) is 0 Å². The predicted molar refractivity (Wildman–Crippen MR) is 60.4 cm³/mol. The molecule has 1 saturated heterocycles. The summed E-state index contributed by atoms with van der Waals surface area (Å²) in [5.41, 5.74) is 0.474. The molecule has 1 N–H and O–H groups in total. The second kappa shape index (κ2) is 4.22. The molecule has 76 valence electrons.